The summed E-state index contributed by atoms with van der Waals surface area (Å²) in [6.45, 7) is 0. The number of fused-ring (bicyclic) bond motifs is 1. The predicted molar refractivity (Wildman–Crippen MR) is 46.3 cm³/mol. The topological polar surface area (TPSA) is 18.5 Å². The van der Waals surface area contributed by atoms with Gasteiger partial charge in [0.1, 0.15) is 5.75 Å². The Labute approximate surface area is 84.6 Å². The summed E-state index contributed by atoms with van der Waals surface area (Å²) in [6.07, 6.45) is -5.11. The molecule has 0 fully saturated rings. The van der Waals surface area contributed by atoms with E-state index < -0.39 is 12.7 Å². The third-order valence-electron chi connectivity index (χ3n) is 2.15. The molecule has 0 aliphatic carbocycles. The normalized spacial score (nSPS) is 20.6. The maximum Gasteiger partial charge on any atom is 0.525 e. The first-order valence-electron chi connectivity index (χ1n) is 4.54. The van der Waals surface area contributed by atoms with Crippen LogP contribution in [0.25, 0.3) is 0 Å². The third kappa shape index (κ3) is 2.62. The lowest BCUT2D eigenvalue weighted by Gasteiger charge is -2.26. The van der Waals surface area contributed by atoms with Crippen molar-refractivity contribution < 1.29 is 22.6 Å². The summed E-state index contributed by atoms with van der Waals surface area (Å²) in [5, 5.41) is 0. The summed E-state index contributed by atoms with van der Waals surface area (Å²) < 4.78 is 44.6. The number of para-hydroxylation sites is 1. The lowest BCUT2D eigenvalue weighted by atomic mass is 10.1. The Kier molecular flexibility index (Phi) is 2.56. The molecule has 0 radical (unpaired) electrons. The van der Waals surface area contributed by atoms with Crippen molar-refractivity contribution in [2.24, 2.45) is 0 Å². The average Bonchev–Trinajstić information content (AvgIpc) is 2.15. The zero-order valence-corrected chi connectivity index (χ0v) is 7.75. The van der Waals surface area contributed by atoms with E-state index in [1.54, 1.807) is 12.1 Å². The largest absolute Gasteiger partial charge is 0.525 e. The van der Waals surface area contributed by atoms with Gasteiger partial charge in [-0.2, -0.15) is 0 Å². The second-order valence-corrected chi connectivity index (χ2v) is 3.26. The van der Waals surface area contributed by atoms with Crippen LogP contribution in [0.5, 0.6) is 5.75 Å². The first-order chi connectivity index (χ1) is 7.04. The van der Waals surface area contributed by atoms with Crippen LogP contribution in [0.3, 0.4) is 0 Å². The minimum Gasteiger partial charge on any atom is -0.464 e. The molecule has 0 saturated carbocycles. The van der Waals surface area contributed by atoms with Crippen molar-refractivity contribution in [1.29, 1.82) is 0 Å². The van der Waals surface area contributed by atoms with Gasteiger partial charge in [-0.1, -0.05) is 18.2 Å². The van der Waals surface area contributed by atoms with Crippen LogP contribution in [0.2, 0.25) is 0 Å². The van der Waals surface area contributed by atoms with Crippen LogP contribution in [-0.2, 0) is 11.2 Å². The maximum absolute atomic E-state index is 11.9. The van der Waals surface area contributed by atoms with Crippen LogP contribution in [-0.4, -0.2) is 12.7 Å². The monoisotopic (exact) mass is 218 g/mol. The Morgan fingerprint density at radius 2 is 2.00 bits per heavy atom. The Morgan fingerprint density at radius 3 is 2.73 bits per heavy atom. The maximum atomic E-state index is 11.9. The van der Waals surface area contributed by atoms with Crippen molar-refractivity contribution in [3.8, 4) is 5.75 Å². The highest BCUT2D eigenvalue weighted by Gasteiger charge is 2.35. The van der Waals surface area contributed by atoms with Crippen molar-refractivity contribution >= 4 is 0 Å². The van der Waals surface area contributed by atoms with Crippen LogP contribution >= 0.6 is 0 Å². The Balaban J connectivity index is 2.06. The summed E-state index contributed by atoms with van der Waals surface area (Å²) in [6, 6.07) is 7.02. The number of ether oxygens (including phenoxy) is 2. The van der Waals surface area contributed by atoms with Crippen LogP contribution in [0.15, 0.2) is 24.3 Å². The highest BCUT2D eigenvalue weighted by atomic mass is 19.4. The number of alkyl halides is 3. The molecule has 1 aliphatic rings. The molecule has 1 aliphatic heterocycles. The number of aryl methyl sites for hydroxylation is 1. The lowest BCUT2D eigenvalue weighted by molar-refractivity contribution is -0.369. The van der Waals surface area contributed by atoms with E-state index >= 15 is 0 Å². The van der Waals surface area contributed by atoms with Crippen LogP contribution in [0, 0.1) is 0 Å². The Morgan fingerprint density at radius 1 is 1.27 bits per heavy atom. The quantitative estimate of drug-likeness (QED) is 0.721. The van der Waals surface area contributed by atoms with E-state index in [0.29, 0.717) is 12.2 Å². The van der Waals surface area contributed by atoms with E-state index in [0.717, 1.165) is 5.56 Å². The molecule has 1 heterocycles. The van der Waals surface area contributed by atoms with Gasteiger partial charge in [0.05, 0.1) is 0 Å². The van der Waals surface area contributed by atoms with Gasteiger partial charge >= 0.3 is 6.36 Å². The Hall–Kier alpha value is -1.23. The molecule has 1 atom stereocenters. The molecule has 1 aromatic rings. The van der Waals surface area contributed by atoms with Gasteiger partial charge in [-0.15, -0.1) is 13.2 Å². The van der Waals surface area contributed by atoms with Crippen LogP contribution in [0.4, 0.5) is 13.2 Å². The molecule has 0 aromatic heterocycles. The SMILES string of the molecule is FC(F)(F)OC1CCc2ccccc2O1. The van der Waals surface area contributed by atoms with Gasteiger partial charge in [0.2, 0.25) is 6.29 Å². The van der Waals surface area contributed by atoms with Gasteiger partial charge in [0, 0.05) is 6.42 Å². The summed E-state index contributed by atoms with van der Waals surface area (Å²) >= 11 is 0. The van der Waals surface area contributed by atoms with Crippen LogP contribution in [0.1, 0.15) is 12.0 Å². The fraction of sp³-hybridized carbons (Fsp3) is 0.400. The molecule has 2 rings (SSSR count). The number of benzene rings is 1. The van der Waals surface area contributed by atoms with Crippen molar-refractivity contribution in [3.05, 3.63) is 29.8 Å². The predicted octanol–water partition coefficient (Wildman–Crippen LogP) is 2.87. The smallest absolute Gasteiger partial charge is 0.464 e. The molecule has 82 valence electrons. The zero-order valence-electron chi connectivity index (χ0n) is 7.75. The molecule has 15 heavy (non-hydrogen) atoms. The molecule has 0 bridgehead atoms. The molecule has 2 nitrogen and oxygen atoms in total. The van der Waals surface area contributed by atoms with Gasteiger partial charge in [-0.3, -0.25) is 4.74 Å². The second kappa shape index (κ2) is 3.73. The van der Waals surface area contributed by atoms with Gasteiger partial charge in [0.25, 0.3) is 0 Å². The average molecular weight is 218 g/mol. The van der Waals surface area contributed by atoms with Gasteiger partial charge in [-0.25, -0.2) is 0 Å². The Bertz CT molecular complexity index is 349. The number of halogens is 3. The fourth-order valence-corrected chi connectivity index (χ4v) is 1.53. The highest BCUT2D eigenvalue weighted by molar-refractivity contribution is 5.34. The second-order valence-electron chi connectivity index (χ2n) is 3.26. The lowest BCUT2D eigenvalue weighted by Crippen LogP contribution is -2.31. The van der Waals surface area contributed by atoms with E-state index in [-0.39, 0.29) is 6.42 Å². The van der Waals surface area contributed by atoms with E-state index in [2.05, 4.69) is 4.74 Å². The molecular formula is C10H9F3O2. The van der Waals surface area contributed by atoms with Gasteiger partial charge in [-0.05, 0) is 18.1 Å². The number of rotatable bonds is 1. The third-order valence-corrected chi connectivity index (χ3v) is 2.15. The van der Waals surface area contributed by atoms with E-state index in [9.17, 15) is 13.2 Å². The van der Waals surface area contributed by atoms with Crippen molar-refractivity contribution in [3.63, 3.8) is 0 Å². The summed E-state index contributed by atoms with van der Waals surface area (Å²) in [7, 11) is 0. The molecule has 5 heteroatoms. The molecule has 0 saturated heterocycles. The van der Waals surface area contributed by atoms with Crippen molar-refractivity contribution in [2.75, 3.05) is 0 Å². The van der Waals surface area contributed by atoms with E-state index in [4.69, 9.17) is 4.74 Å². The molecule has 1 aromatic carbocycles. The minimum absolute atomic E-state index is 0.219. The molecule has 0 amide bonds. The van der Waals surface area contributed by atoms with Crippen molar-refractivity contribution in [1.82, 2.24) is 0 Å². The molecule has 0 spiro atoms. The number of hydrogen-bond acceptors (Lipinski definition) is 2. The summed E-state index contributed by atoms with van der Waals surface area (Å²) in [5.41, 5.74) is 0.916. The minimum atomic E-state index is -4.64. The molecule has 1 unspecified atom stereocenters. The number of hydrogen-bond donors (Lipinski definition) is 0. The first kappa shape index (κ1) is 10.3. The first-order valence-corrected chi connectivity index (χ1v) is 4.54. The van der Waals surface area contributed by atoms with E-state index in [1.807, 2.05) is 12.1 Å². The van der Waals surface area contributed by atoms with Gasteiger partial charge in [0.15, 0.2) is 0 Å². The molecular weight excluding hydrogens is 209 g/mol. The fourth-order valence-electron chi connectivity index (χ4n) is 1.53. The summed E-state index contributed by atoms with van der Waals surface area (Å²) in [5.74, 6) is 0.470. The van der Waals surface area contributed by atoms with Crippen LogP contribution < -0.4 is 4.74 Å². The van der Waals surface area contributed by atoms with Gasteiger partial charge < -0.3 is 4.74 Å². The standard InChI is InChI=1S/C10H9F3O2/c11-10(12,13)15-9-6-5-7-3-1-2-4-8(7)14-9/h1-4,9H,5-6H2. The molecule has 0 N–H and O–H groups in total. The van der Waals surface area contributed by atoms with Crippen molar-refractivity contribution in [2.45, 2.75) is 25.5 Å². The zero-order chi connectivity index (χ0) is 10.9. The highest BCUT2D eigenvalue weighted by Crippen LogP contribution is 2.30. The van der Waals surface area contributed by atoms with E-state index in [1.165, 1.54) is 0 Å². The summed E-state index contributed by atoms with van der Waals surface area (Å²) in [4.78, 5) is 0.